The molecule has 0 spiro atoms. The predicted molar refractivity (Wildman–Crippen MR) is 219 cm³/mol. The van der Waals surface area contributed by atoms with E-state index in [1.54, 1.807) is 25.3 Å². The molecule has 296 valence electrons. The summed E-state index contributed by atoms with van der Waals surface area (Å²) in [4.78, 5) is 43.0. The van der Waals surface area contributed by atoms with Gasteiger partial charge in [0.05, 0.1) is 47.9 Å². The van der Waals surface area contributed by atoms with E-state index in [1.165, 1.54) is 0 Å². The van der Waals surface area contributed by atoms with E-state index in [0.29, 0.717) is 88.5 Å². The molecule has 0 saturated carbocycles. The van der Waals surface area contributed by atoms with Gasteiger partial charge in [-0.3, -0.25) is 14.6 Å². The van der Waals surface area contributed by atoms with Crippen LogP contribution in [-0.4, -0.2) is 72.8 Å². The third-order valence-corrected chi connectivity index (χ3v) is 10.4. The number of anilines is 2. The Bertz CT molecular complexity index is 2090. The minimum absolute atomic E-state index is 0.0278. The van der Waals surface area contributed by atoms with Crippen molar-refractivity contribution in [2.24, 2.45) is 0 Å². The molecule has 0 unspecified atom stereocenters. The lowest BCUT2D eigenvalue weighted by Gasteiger charge is -2.29. The molecule has 0 radical (unpaired) electrons. The van der Waals surface area contributed by atoms with Crippen LogP contribution in [0.4, 0.5) is 16.2 Å². The molecule has 2 fully saturated rings. The minimum atomic E-state index is -0.693. The van der Waals surface area contributed by atoms with E-state index in [2.05, 4.69) is 26.3 Å². The zero-order chi connectivity index (χ0) is 40.0. The summed E-state index contributed by atoms with van der Waals surface area (Å²) in [7, 11) is 3.20. The number of methoxy groups -OCH3 is 2. The molecular formula is C42H48Cl2N6O6. The van der Waals surface area contributed by atoms with Crippen molar-refractivity contribution in [1.82, 2.24) is 25.8 Å². The fraction of sp³-hybridized carbons (Fsp3) is 0.381. The first-order valence-electron chi connectivity index (χ1n) is 18.6. The number of ether oxygens (including phenoxy) is 3. The van der Waals surface area contributed by atoms with Gasteiger partial charge in [-0.25, -0.2) is 4.79 Å². The number of nitrogens with one attached hydrogen (secondary N) is 4. The molecule has 2 atom stereocenters. The SMILES string of the molecule is COc1cc(-c2nccc(-c3cccc(Nc4cccc(CNC[C@@H]5CCC(=O)N5)c4OC)c3Cl)c2Cl)ccc1CN(C[C@@H]1CCC(=O)N1)C(=O)OC(C)(C)C. The normalized spacial score (nSPS) is 16.6. The van der Waals surface area contributed by atoms with Crippen molar-refractivity contribution in [1.29, 1.82) is 0 Å². The molecule has 6 rings (SSSR count). The second kappa shape index (κ2) is 17.8. The highest BCUT2D eigenvalue weighted by Crippen LogP contribution is 2.43. The smallest absolute Gasteiger partial charge is 0.410 e. The largest absolute Gasteiger partial charge is 0.496 e. The Hall–Kier alpha value is -5.04. The van der Waals surface area contributed by atoms with Gasteiger partial charge >= 0.3 is 6.09 Å². The van der Waals surface area contributed by atoms with Gasteiger partial charge in [0.1, 0.15) is 17.1 Å². The first-order valence-corrected chi connectivity index (χ1v) is 19.4. The van der Waals surface area contributed by atoms with Crippen LogP contribution in [0.15, 0.2) is 66.9 Å². The summed E-state index contributed by atoms with van der Waals surface area (Å²) < 4.78 is 17.4. The quantitative estimate of drug-likeness (QED) is 0.100. The molecule has 0 bridgehead atoms. The maximum Gasteiger partial charge on any atom is 0.410 e. The van der Waals surface area contributed by atoms with Crippen LogP contribution in [0.3, 0.4) is 0 Å². The Morgan fingerprint density at radius 2 is 1.57 bits per heavy atom. The van der Waals surface area contributed by atoms with Crippen molar-refractivity contribution in [3.63, 3.8) is 0 Å². The third kappa shape index (κ3) is 9.84. The number of halogens is 2. The standard InChI is InChI=1S/C42H48Cl2N6O6/c1-42(2,3)56-41(53)50(24-29-15-17-36(52)48-29)23-27-13-12-25(20-34(27)54-4)39-38(44)31(18-19-46-39)30-9-7-10-32(37(30)43)49-33-11-6-8-26(40(33)55-5)21-45-22-28-14-16-35(51)47-28/h6-13,18-20,28-29,45,49H,14-17,21-24H2,1-5H3,(H,47,51)(H,48,52)/t28-,29-/m0/s1. The van der Waals surface area contributed by atoms with Crippen LogP contribution in [0.25, 0.3) is 22.4 Å². The number of nitrogens with zero attached hydrogens (tertiary/aromatic N) is 2. The average molecular weight is 804 g/mol. The zero-order valence-corrected chi connectivity index (χ0v) is 33.8. The van der Waals surface area contributed by atoms with Gasteiger partial charge in [0.25, 0.3) is 0 Å². The Morgan fingerprint density at radius 1 is 0.875 bits per heavy atom. The lowest BCUT2D eigenvalue weighted by molar-refractivity contribution is -0.120. The Labute approximate surface area is 337 Å². The van der Waals surface area contributed by atoms with Crippen LogP contribution in [0.1, 0.15) is 57.6 Å². The fourth-order valence-electron chi connectivity index (χ4n) is 6.95. The Kier molecular flexibility index (Phi) is 12.9. The van der Waals surface area contributed by atoms with Crippen LogP contribution < -0.4 is 30.7 Å². The molecule has 14 heteroatoms. The molecule has 3 aromatic carbocycles. The van der Waals surface area contributed by atoms with Crippen molar-refractivity contribution in [2.45, 2.75) is 77.2 Å². The summed E-state index contributed by atoms with van der Waals surface area (Å²) >= 11 is 14.2. The summed E-state index contributed by atoms with van der Waals surface area (Å²) in [6.07, 6.45) is 3.65. The van der Waals surface area contributed by atoms with Gasteiger partial charge in [0, 0.05) is 78.6 Å². The molecule has 1 aromatic heterocycles. The predicted octanol–water partition coefficient (Wildman–Crippen LogP) is 7.87. The number of carbonyl (C=O) groups is 3. The topological polar surface area (TPSA) is 143 Å². The number of para-hydroxylation sites is 1. The number of amides is 3. The summed E-state index contributed by atoms with van der Waals surface area (Å²) in [5, 5.41) is 13.7. The van der Waals surface area contributed by atoms with Gasteiger partial charge < -0.3 is 40.4 Å². The number of benzene rings is 3. The second-order valence-electron chi connectivity index (χ2n) is 14.9. The lowest BCUT2D eigenvalue weighted by Crippen LogP contribution is -2.43. The molecule has 56 heavy (non-hydrogen) atoms. The first-order chi connectivity index (χ1) is 26.8. The summed E-state index contributed by atoms with van der Waals surface area (Å²) in [5.74, 6) is 1.28. The maximum absolute atomic E-state index is 13.3. The highest BCUT2D eigenvalue weighted by molar-refractivity contribution is 6.39. The van der Waals surface area contributed by atoms with E-state index in [4.69, 9.17) is 37.4 Å². The molecule has 3 heterocycles. The van der Waals surface area contributed by atoms with Crippen LogP contribution in [0, 0.1) is 0 Å². The molecular weight excluding hydrogens is 755 g/mol. The van der Waals surface area contributed by atoms with E-state index in [0.717, 1.165) is 23.2 Å². The number of pyridine rings is 1. The van der Waals surface area contributed by atoms with Crippen LogP contribution in [0.5, 0.6) is 11.5 Å². The molecule has 3 amide bonds. The maximum atomic E-state index is 13.3. The average Bonchev–Trinajstić information content (AvgIpc) is 3.78. The van der Waals surface area contributed by atoms with E-state index >= 15 is 0 Å². The Balaban J connectivity index is 1.22. The zero-order valence-electron chi connectivity index (χ0n) is 32.3. The van der Waals surface area contributed by atoms with Crippen molar-refractivity contribution in [3.8, 4) is 33.9 Å². The summed E-state index contributed by atoms with van der Waals surface area (Å²) in [6.45, 7) is 7.18. The van der Waals surface area contributed by atoms with Crippen LogP contribution in [-0.2, 0) is 27.4 Å². The number of rotatable bonds is 14. The van der Waals surface area contributed by atoms with Crippen LogP contribution in [0.2, 0.25) is 10.0 Å². The van der Waals surface area contributed by atoms with Gasteiger partial charge in [0.15, 0.2) is 0 Å². The van der Waals surface area contributed by atoms with Crippen LogP contribution >= 0.6 is 23.2 Å². The monoisotopic (exact) mass is 802 g/mol. The van der Waals surface area contributed by atoms with Crippen molar-refractivity contribution in [3.05, 3.63) is 88.0 Å². The lowest BCUT2D eigenvalue weighted by atomic mass is 10.0. The molecule has 2 aliphatic heterocycles. The second-order valence-corrected chi connectivity index (χ2v) is 15.7. The molecule has 2 saturated heterocycles. The molecule has 4 N–H and O–H groups in total. The highest BCUT2D eigenvalue weighted by Gasteiger charge is 2.29. The Morgan fingerprint density at radius 3 is 2.25 bits per heavy atom. The summed E-state index contributed by atoms with van der Waals surface area (Å²) in [6, 6.07) is 19.0. The molecule has 4 aromatic rings. The van der Waals surface area contributed by atoms with Gasteiger partial charge in [-0.1, -0.05) is 59.6 Å². The van der Waals surface area contributed by atoms with E-state index in [1.807, 2.05) is 81.4 Å². The molecule has 0 aliphatic carbocycles. The number of hydrogen-bond acceptors (Lipinski definition) is 9. The van der Waals surface area contributed by atoms with Crippen molar-refractivity contribution < 1.29 is 28.6 Å². The third-order valence-electron chi connectivity index (χ3n) is 9.64. The molecule has 2 aliphatic rings. The van der Waals surface area contributed by atoms with Gasteiger partial charge in [-0.2, -0.15) is 0 Å². The number of aromatic nitrogens is 1. The highest BCUT2D eigenvalue weighted by atomic mass is 35.5. The summed E-state index contributed by atoms with van der Waals surface area (Å²) in [5.41, 5.74) is 5.04. The minimum Gasteiger partial charge on any atom is -0.496 e. The number of hydrogen-bond donors (Lipinski definition) is 4. The molecule has 12 nitrogen and oxygen atoms in total. The van der Waals surface area contributed by atoms with E-state index < -0.39 is 11.7 Å². The first kappa shape index (κ1) is 40.6. The van der Waals surface area contributed by atoms with Gasteiger partial charge in [-0.15, -0.1) is 0 Å². The van der Waals surface area contributed by atoms with Gasteiger partial charge in [0.2, 0.25) is 11.8 Å². The fourth-order valence-corrected chi connectivity index (χ4v) is 7.55. The van der Waals surface area contributed by atoms with Gasteiger partial charge in [-0.05, 0) is 57.9 Å². The van der Waals surface area contributed by atoms with Crippen molar-refractivity contribution in [2.75, 3.05) is 32.6 Å². The van der Waals surface area contributed by atoms with E-state index in [-0.39, 0.29) is 30.4 Å². The number of carbonyl (C=O) groups excluding carboxylic acids is 3. The van der Waals surface area contributed by atoms with Crippen molar-refractivity contribution >= 4 is 52.5 Å². The van der Waals surface area contributed by atoms with E-state index in [9.17, 15) is 14.4 Å².